The molecule has 0 spiro atoms. The minimum Gasteiger partial charge on any atom is -0.394 e. The second-order valence-corrected chi connectivity index (χ2v) is 3.34. The molecule has 3 nitrogen and oxygen atoms in total. The van der Waals surface area contributed by atoms with Crippen molar-refractivity contribution < 1.29 is 23.4 Å². The third-order valence-corrected chi connectivity index (χ3v) is 1.96. The molecule has 0 saturated carbocycles. The average Bonchev–Trinajstić information content (AvgIpc) is 2.25. The average molecular weight is 235 g/mol. The molecule has 1 aromatic carbocycles. The molecule has 90 valence electrons. The summed E-state index contributed by atoms with van der Waals surface area (Å²) in [5, 5.41) is 20.1. The molecule has 1 atom stereocenters. The number of aliphatic hydroxyl groups is 2. The van der Waals surface area contributed by atoms with Gasteiger partial charge in [0.05, 0.1) is 12.7 Å². The Morgan fingerprint density at radius 2 is 1.75 bits per heavy atom. The van der Waals surface area contributed by atoms with Gasteiger partial charge in [-0.1, -0.05) is 0 Å². The molecule has 0 bridgehead atoms. The van der Waals surface area contributed by atoms with E-state index in [0.29, 0.717) is 0 Å². The van der Waals surface area contributed by atoms with E-state index in [4.69, 9.17) is 10.2 Å². The van der Waals surface area contributed by atoms with Crippen molar-refractivity contribution in [3.63, 3.8) is 0 Å². The second-order valence-electron chi connectivity index (χ2n) is 3.34. The van der Waals surface area contributed by atoms with Crippen LogP contribution in [0.1, 0.15) is 5.56 Å². The molecule has 0 amide bonds. The van der Waals surface area contributed by atoms with E-state index >= 15 is 0 Å². The van der Waals surface area contributed by atoms with Gasteiger partial charge in [-0.05, 0) is 17.7 Å². The maximum Gasteiger partial charge on any atom is 0.194 e. The van der Waals surface area contributed by atoms with Crippen LogP contribution in [0.2, 0.25) is 0 Å². The van der Waals surface area contributed by atoms with Crippen LogP contribution in [-0.4, -0.2) is 29.5 Å². The van der Waals surface area contributed by atoms with Gasteiger partial charge in [0.1, 0.15) is 0 Å². The summed E-state index contributed by atoms with van der Waals surface area (Å²) in [6, 6.07) is 1.74. The molecule has 16 heavy (non-hydrogen) atoms. The molecule has 0 aliphatic heterocycles. The van der Waals surface area contributed by atoms with Crippen LogP contribution in [0.3, 0.4) is 0 Å². The predicted octanol–water partition coefficient (Wildman–Crippen LogP) is 0.547. The van der Waals surface area contributed by atoms with Crippen LogP contribution in [0.4, 0.5) is 13.2 Å². The van der Waals surface area contributed by atoms with Gasteiger partial charge >= 0.3 is 0 Å². The van der Waals surface area contributed by atoms with E-state index in [1.807, 2.05) is 0 Å². The third kappa shape index (κ3) is 3.48. The molecule has 0 heterocycles. The Hall–Kier alpha value is -1.11. The zero-order valence-electron chi connectivity index (χ0n) is 8.38. The standard InChI is InChI=1S/C10H12F3NO2/c11-8-1-6(2-9(12)10(8)13)3-14-4-7(16)5-15/h1-2,7,14-16H,3-5H2. The topological polar surface area (TPSA) is 52.5 Å². The van der Waals surface area contributed by atoms with Crippen LogP contribution in [0.25, 0.3) is 0 Å². The summed E-state index contributed by atoms with van der Waals surface area (Å²) in [4.78, 5) is 0. The third-order valence-electron chi connectivity index (χ3n) is 1.96. The lowest BCUT2D eigenvalue weighted by molar-refractivity contribution is 0.0942. The number of nitrogens with one attached hydrogen (secondary N) is 1. The van der Waals surface area contributed by atoms with Gasteiger partial charge in [0, 0.05) is 13.1 Å². The molecule has 0 fully saturated rings. The highest BCUT2D eigenvalue weighted by molar-refractivity contribution is 5.19. The molecule has 0 saturated heterocycles. The molecule has 1 unspecified atom stereocenters. The monoisotopic (exact) mass is 235 g/mol. The lowest BCUT2D eigenvalue weighted by Gasteiger charge is -2.09. The van der Waals surface area contributed by atoms with Gasteiger partial charge in [0.2, 0.25) is 0 Å². The van der Waals surface area contributed by atoms with Crippen LogP contribution in [-0.2, 0) is 6.54 Å². The quantitative estimate of drug-likeness (QED) is 0.653. The Morgan fingerprint density at radius 3 is 2.25 bits per heavy atom. The van der Waals surface area contributed by atoms with Crippen molar-refractivity contribution in [2.24, 2.45) is 0 Å². The van der Waals surface area contributed by atoms with E-state index in [1.54, 1.807) is 0 Å². The number of rotatable bonds is 5. The van der Waals surface area contributed by atoms with Crippen molar-refractivity contribution >= 4 is 0 Å². The zero-order valence-corrected chi connectivity index (χ0v) is 8.38. The predicted molar refractivity (Wildman–Crippen MR) is 51.1 cm³/mol. The Balaban J connectivity index is 2.55. The molecule has 1 aromatic rings. The van der Waals surface area contributed by atoms with Gasteiger partial charge in [0.15, 0.2) is 17.5 Å². The second kappa shape index (κ2) is 5.83. The van der Waals surface area contributed by atoms with E-state index in [2.05, 4.69) is 5.32 Å². The summed E-state index contributed by atoms with van der Waals surface area (Å²) < 4.78 is 38.1. The molecular formula is C10H12F3NO2. The summed E-state index contributed by atoms with van der Waals surface area (Å²) in [6.45, 7) is -0.249. The highest BCUT2D eigenvalue weighted by atomic mass is 19.2. The zero-order chi connectivity index (χ0) is 12.1. The number of halogens is 3. The summed E-state index contributed by atoms with van der Waals surface area (Å²) >= 11 is 0. The summed E-state index contributed by atoms with van der Waals surface area (Å²) in [5.74, 6) is -4.00. The van der Waals surface area contributed by atoms with Crippen molar-refractivity contribution in [3.8, 4) is 0 Å². The van der Waals surface area contributed by atoms with Crippen LogP contribution in [0.15, 0.2) is 12.1 Å². The first-order valence-corrected chi connectivity index (χ1v) is 4.67. The normalized spacial score (nSPS) is 12.8. The summed E-state index contributed by atoms with van der Waals surface area (Å²) in [5.41, 5.74) is 0.224. The Kier molecular flexibility index (Phi) is 4.72. The minimum atomic E-state index is -1.50. The van der Waals surface area contributed by atoms with Gasteiger partial charge in [-0.15, -0.1) is 0 Å². The summed E-state index contributed by atoms with van der Waals surface area (Å²) in [6.07, 6.45) is -0.935. The van der Waals surface area contributed by atoms with E-state index in [9.17, 15) is 13.2 Å². The highest BCUT2D eigenvalue weighted by Gasteiger charge is 2.10. The highest BCUT2D eigenvalue weighted by Crippen LogP contribution is 2.13. The SMILES string of the molecule is OCC(O)CNCc1cc(F)c(F)c(F)c1. The van der Waals surface area contributed by atoms with E-state index in [0.717, 1.165) is 12.1 Å². The van der Waals surface area contributed by atoms with Gasteiger partial charge in [-0.3, -0.25) is 0 Å². The molecular weight excluding hydrogens is 223 g/mol. The molecule has 3 N–H and O–H groups in total. The van der Waals surface area contributed by atoms with Crippen LogP contribution < -0.4 is 5.32 Å². The van der Waals surface area contributed by atoms with Gasteiger partial charge in [0.25, 0.3) is 0 Å². The number of hydrogen-bond donors (Lipinski definition) is 3. The van der Waals surface area contributed by atoms with Gasteiger partial charge in [-0.2, -0.15) is 0 Å². The number of aliphatic hydroxyl groups excluding tert-OH is 2. The lowest BCUT2D eigenvalue weighted by Crippen LogP contribution is -2.29. The smallest absolute Gasteiger partial charge is 0.194 e. The summed E-state index contributed by atoms with van der Waals surface area (Å²) in [7, 11) is 0. The Morgan fingerprint density at radius 1 is 1.19 bits per heavy atom. The largest absolute Gasteiger partial charge is 0.394 e. The Labute approximate surface area is 90.5 Å². The number of hydrogen-bond acceptors (Lipinski definition) is 3. The van der Waals surface area contributed by atoms with Crippen molar-refractivity contribution in [3.05, 3.63) is 35.1 Å². The van der Waals surface area contributed by atoms with Crippen molar-refractivity contribution in [2.75, 3.05) is 13.2 Å². The van der Waals surface area contributed by atoms with Crippen molar-refractivity contribution in [1.82, 2.24) is 5.32 Å². The van der Waals surface area contributed by atoms with Crippen LogP contribution in [0, 0.1) is 17.5 Å². The van der Waals surface area contributed by atoms with Gasteiger partial charge < -0.3 is 15.5 Å². The fraction of sp³-hybridized carbons (Fsp3) is 0.400. The van der Waals surface area contributed by atoms with E-state index < -0.39 is 30.2 Å². The molecule has 1 rings (SSSR count). The Bertz CT molecular complexity index is 337. The lowest BCUT2D eigenvalue weighted by atomic mass is 10.2. The minimum absolute atomic E-state index is 0.0746. The number of benzene rings is 1. The van der Waals surface area contributed by atoms with Crippen molar-refractivity contribution in [2.45, 2.75) is 12.6 Å². The molecule has 0 aromatic heterocycles. The molecule has 0 aliphatic rings. The van der Waals surface area contributed by atoms with Crippen molar-refractivity contribution in [1.29, 1.82) is 0 Å². The first-order chi connectivity index (χ1) is 7.54. The molecule has 0 aliphatic carbocycles. The maximum absolute atomic E-state index is 12.8. The van der Waals surface area contributed by atoms with E-state index in [-0.39, 0.29) is 18.7 Å². The maximum atomic E-state index is 12.8. The molecule has 0 radical (unpaired) electrons. The van der Waals surface area contributed by atoms with E-state index in [1.165, 1.54) is 0 Å². The van der Waals surface area contributed by atoms with Crippen LogP contribution in [0.5, 0.6) is 0 Å². The van der Waals surface area contributed by atoms with Crippen LogP contribution >= 0.6 is 0 Å². The van der Waals surface area contributed by atoms with Gasteiger partial charge in [-0.25, -0.2) is 13.2 Å². The fourth-order valence-electron chi connectivity index (χ4n) is 1.16. The molecule has 6 heteroatoms. The fourth-order valence-corrected chi connectivity index (χ4v) is 1.16. The first-order valence-electron chi connectivity index (χ1n) is 4.67. The first kappa shape index (κ1) is 13.0.